The van der Waals surface area contributed by atoms with E-state index >= 15 is 0 Å². The zero-order chi connectivity index (χ0) is 12.4. The van der Waals surface area contributed by atoms with E-state index in [1.165, 1.54) is 0 Å². The lowest BCUT2D eigenvalue weighted by molar-refractivity contribution is 0.948. The van der Waals surface area contributed by atoms with Crippen LogP contribution in [0.15, 0.2) is 48.9 Å². The lowest BCUT2D eigenvalue weighted by atomic mass is 10.2. The van der Waals surface area contributed by atoms with Crippen LogP contribution in [0.3, 0.4) is 0 Å². The summed E-state index contributed by atoms with van der Waals surface area (Å²) >= 11 is 0. The van der Waals surface area contributed by atoms with Crippen LogP contribution in [0.1, 0.15) is 5.56 Å². The van der Waals surface area contributed by atoms with Gasteiger partial charge in [-0.1, -0.05) is 12.1 Å². The minimum atomic E-state index is 0.552. The largest absolute Gasteiger partial charge is 0.338 e. The Balaban J connectivity index is 1.93. The molecule has 0 aliphatic heterocycles. The van der Waals surface area contributed by atoms with Crippen molar-refractivity contribution >= 4 is 17.0 Å². The maximum Gasteiger partial charge on any atom is 0.156 e. The third-order valence-electron chi connectivity index (χ3n) is 2.78. The van der Waals surface area contributed by atoms with E-state index in [1.807, 2.05) is 36.5 Å². The summed E-state index contributed by atoms with van der Waals surface area (Å²) in [5.41, 5.74) is 8.60. The second-order valence-electron chi connectivity index (χ2n) is 3.96. The van der Waals surface area contributed by atoms with Crippen LogP contribution in [0.5, 0.6) is 0 Å². The molecular formula is C13H13N5. The Labute approximate surface area is 104 Å². The molecular weight excluding hydrogens is 226 g/mol. The van der Waals surface area contributed by atoms with Crippen molar-refractivity contribution in [2.45, 2.75) is 6.54 Å². The number of hydrogen-bond donors (Lipinski definition) is 2. The molecule has 2 aromatic heterocycles. The van der Waals surface area contributed by atoms with Crippen molar-refractivity contribution in [2.75, 3.05) is 5.32 Å². The van der Waals surface area contributed by atoms with Gasteiger partial charge in [-0.25, -0.2) is 9.50 Å². The fourth-order valence-corrected chi connectivity index (χ4v) is 1.81. The van der Waals surface area contributed by atoms with Gasteiger partial charge >= 0.3 is 0 Å². The molecule has 0 bridgehead atoms. The van der Waals surface area contributed by atoms with Crippen LogP contribution in [0.4, 0.5) is 11.5 Å². The Morgan fingerprint density at radius 1 is 1.11 bits per heavy atom. The topological polar surface area (TPSA) is 68.2 Å². The zero-order valence-corrected chi connectivity index (χ0v) is 9.74. The molecule has 90 valence electrons. The highest BCUT2D eigenvalue weighted by Crippen LogP contribution is 2.19. The van der Waals surface area contributed by atoms with Gasteiger partial charge in [0.25, 0.3) is 0 Å². The van der Waals surface area contributed by atoms with Gasteiger partial charge in [0.1, 0.15) is 5.52 Å². The number of nitrogens with zero attached hydrogens (tertiary/aromatic N) is 3. The number of benzene rings is 1. The molecule has 0 aliphatic carbocycles. The Kier molecular flexibility index (Phi) is 2.66. The number of nitrogens with two attached hydrogens (primary N) is 1. The van der Waals surface area contributed by atoms with Gasteiger partial charge in [-0.05, 0) is 23.8 Å². The van der Waals surface area contributed by atoms with Gasteiger partial charge in [0.15, 0.2) is 5.82 Å². The molecule has 5 heteroatoms. The van der Waals surface area contributed by atoms with Gasteiger partial charge in [0, 0.05) is 24.6 Å². The van der Waals surface area contributed by atoms with Crippen LogP contribution in [0.25, 0.3) is 5.52 Å². The lowest BCUT2D eigenvalue weighted by Crippen LogP contribution is -1.99. The summed E-state index contributed by atoms with van der Waals surface area (Å²) in [6.07, 6.45) is 5.29. The predicted octanol–water partition coefficient (Wildman–Crippen LogP) is 1.93. The van der Waals surface area contributed by atoms with Crippen molar-refractivity contribution in [2.24, 2.45) is 5.73 Å². The standard InChI is InChI=1S/C13H13N5/c14-9-10-1-3-11(4-2-10)17-13-12-5-6-16-18(12)8-7-15-13/h1-8H,9,14H2,(H,15,17). The fourth-order valence-electron chi connectivity index (χ4n) is 1.81. The molecule has 0 unspecified atom stereocenters. The molecule has 0 radical (unpaired) electrons. The number of aromatic nitrogens is 3. The molecule has 3 N–H and O–H groups in total. The van der Waals surface area contributed by atoms with Crippen LogP contribution in [0.2, 0.25) is 0 Å². The molecule has 0 atom stereocenters. The summed E-state index contributed by atoms with van der Waals surface area (Å²) in [5, 5.41) is 7.44. The lowest BCUT2D eigenvalue weighted by Gasteiger charge is -2.07. The summed E-state index contributed by atoms with van der Waals surface area (Å²) in [6, 6.07) is 9.90. The van der Waals surface area contributed by atoms with Gasteiger partial charge in [0.2, 0.25) is 0 Å². The highest BCUT2D eigenvalue weighted by molar-refractivity contribution is 5.72. The second-order valence-corrected chi connectivity index (χ2v) is 3.96. The molecule has 1 aromatic carbocycles. The molecule has 3 aromatic rings. The van der Waals surface area contributed by atoms with Crippen molar-refractivity contribution in [1.82, 2.24) is 14.6 Å². The van der Waals surface area contributed by atoms with E-state index in [0.29, 0.717) is 6.54 Å². The van der Waals surface area contributed by atoms with Gasteiger partial charge in [-0.3, -0.25) is 0 Å². The van der Waals surface area contributed by atoms with Gasteiger partial charge < -0.3 is 11.1 Å². The van der Waals surface area contributed by atoms with Crippen LogP contribution >= 0.6 is 0 Å². The Morgan fingerprint density at radius 2 is 1.94 bits per heavy atom. The monoisotopic (exact) mass is 239 g/mol. The maximum atomic E-state index is 5.57. The Hall–Kier alpha value is -2.40. The molecule has 0 fully saturated rings. The third kappa shape index (κ3) is 1.91. The molecule has 0 spiro atoms. The molecule has 3 rings (SSSR count). The molecule has 0 saturated carbocycles. The summed E-state index contributed by atoms with van der Waals surface area (Å²) < 4.78 is 1.78. The zero-order valence-electron chi connectivity index (χ0n) is 9.74. The summed E-state index contributed by atoms with van der Waals surface area (Å²) in [6.45, 7) is 0.552. The quantitative estimate of drug-likeness (QED) is 0.732. The highest BCUT2D eigenvalue weighted by atomic mass is 15.2. The number of anilines is 2. The van der Waals surface area contributed by atoms with Gasteiger partial charge in [0.05, 0.1) is 6.20 Å². The van der Waals surface area contributed by atoms with Gasteiger partial charge in [-0.2, -0.15) is 5.10 Å². The molecule has 5 nitrogen and oxygen atoms in total. The SMILES string of the molecule is NCc1ccc(Nc2nccn3nccc23)cc1. The number of hydrogen-bond acceptors (Lipinski definition) is 4. The fraction of sp³-hybridized carbons (Fsp3) is 0.0769. The van der Waals surface area contributed by atoms with E-state index in [0.717, 1.165) is 22.6 Å². The van der Waals surface area contributed by atoms with E-state index < -0.39 is 0 Å². The van der Waals surface area contributed by atoms with E-state index in [1.54, 1.807) is 16.9 Å². The van der Waals surface area contributed by atoms with E-state index in [4.69, 9.17) is 5.73 Å². The second kappa shape index (κ2) is 4.46. The first-order chi connectivity index (χ1) is 8.86. The van der Waals surface area contributed by atoms with Crippen LogP contribution in [-0.4, -0.2) is 14.6 Å². The van der Waals surface area contributed by atoms with Crippen molar-refractivity contribution in [3.63, 3.8) is 0 Å². The minimum absolute atomic E-state index is 0.552. The number of rotatable bonds is 3. The van der Waals surface area contributed by atoms with Crippen LogP contribution in [0, 0.1) is 0 Å². The number of nitrogens with one attached hydrogen (secondary N) is 1. The van der Waals surface area contributed by atoms with Crippen molar-refractivity contribution < 1.29 is 0 Å². The summed E-state index contributed by atoms with van der Waals surface area (Å²) in [5.74, 6) is 0.787. The van der Waals surface area contributed by atoms with E-state index in [-0.39, 0.29) is 0 Å². The molecule has 0 amide bonds. The third-order valence-corrected chi connectivity index (χ3v) is 2.78. The van der Waals surface area contributed by atoms with Crippen molar-refractivity contribution in [1.29, 1.82) is 0 Å². The van der Waals surface area contributed by atoms with E-state index in [2.05, 4.69) is 15.4 Å². The first kappa shape index (κ1) is 10.7. The smallest absolute Gasteiger partial charge is 0.156 e. The first-order valence-electron chi connectivity index (χ1n) is 5.71. The Bertz CT molecular complexity index is 656. The van der Waals surface area contributed by atoms with Gasteiger partial charge in [-0.15, -0.1) is 0 Å². The van der Waals surface area contributed by atoms with Crippen LogP contribution in [-0.2, 0) is 6.54 Å². The molecule has 18 heavy (non-hydrogen) atoms. The van der Waals surface area contributed by atoms with Crippen molar-refractivity contribution in [3.8, 4) is 0 Å². The minimum Gasteiger partial charge on any atom is -0.338 e. The molecule has 0 saturated heterocycles. The Morgan fingerprint density at radius 3 is 2.72 bits per heavy atom. The summed E-state index contributed by atoms with van der Waals surface area (Å²) in [4.78, 5) is 4.32. The summed E-state index contributed by atoms with van der Waals surface area (Å²) in [7, 11) is 0. The highest BCUT2D eigenvalue weighted by Gasteiger charge is 2.03. The van der Waals surface area contributed by atoms with E-state index in [9.17, 15) is 0 Å². The normalized spacial score (nSPS) is 10.7. The van der Waals surface area contributed by atoms with Crippen LogP contribution < -0.4 is 11.1 Å². The first-order valence-corrected chi connectivity index (χ1v) is 5.71. The average Bonchev–Trinajstić information content (AvgIpc) is 2.89. The number of fused-ring (bicyclic) bond motifs is 1. The predicted molar refractivity (Wildman–Crippen MR) is 70.6 cm³/mol. The van der Waals surface area contributed by atoms with Crippen molar-refractivity contribution in [3.05, 3.63) is 54.5 Å². The molecule has 0 aliphatic rings. The average molecular weight is 239 g/mol. The molecule has 2 heterocycles. The maximum absolute atomic E-state index is 5.57.